The van der Waals surface area contributed by atoms with Gasteiger partial charge in [-0.1, -0.05) is 42.6 Å². The summed E-state index contributed by atoms with van der Waals surface area (Å²) in [6, 6.07) is 8.93. The van der Waals surface area contributed by atoms with Gasteiger partial charge in [0.1, 0.15) is 12.8 Å². The van der Waals surface area contributed by atoms with Gasteiger partial charge in [-0.15, -0.1) is 0 Å². The van der Waals surface area contributed by atoms with Gasteiger partial charge in [0.05, 0.1) is 0 Å². The molecule has 0 atom stereocenters. The number of unbranched alkanes of at least 4 members (excludes halogenated alkanes) is 2. The summed E-state index contributed by atoms with van der Waals surface area (Å²) < 4.78 is 4.68. The largest absolute Gasteiger partial charge is 0.363 e. The third kappa shape index (κ3) is 5.22. The van der Waals surface area contributed by atoms with Crippen LogP contribution in [0.2, 0.25) is 0 Å². The van der Waals surface area contributed by atoms with Crippen molar-refractivity contribution in [2.24, 2.45) is 0 Å². The number of benzene rings is 1. The third-order valence-electron chi connectivity index (χ3n) is 3.66. The number of hydrogen-bond donors (Lipinski definition) is 1. The second-order valence-corrected chi connectivity index (χ2v) is 5.73. The molecule has 6 heteroatoms. The number of hydrogen-bond acceptors (Lipinski definition) is 4. The van der Waals surface area contributed by atoms with Gasteiger partial charge in [0, 0.05) is 18.2 Å². The Morgan fingerprint density at radius 2 is 1.92 bits per heavy atom. The summed E-state index contributed by atoms with van der Waals surface area (Å²) in [4.78, 5) is 26.4. The maximum atomic E-state index is 12.7. The normalized spacial score (nSPS) is 10.4. The second-order valence-electron chi connectivity index (χ2n) is 5.73. The molecule has 24 heavy (non-hydrogen) atoms. The summed E-state index contributed by atoms with van der Waals surface area (Å²) in [6.45, 7) is 4.61. The van der Waals surface area contributed by atoms with Gasteiger partial charge in [0.25, 0.3) is 5.91 Å². The van der Waals surface area contributed by atoms with Crippen molar-refractivity contribution in [2.45, 2.75) is 33.1 Å². The van der Waals surface area contributed by atoms with Crippen LogP contribution in [0.25, 0.3) is 0 Å². The molecule has 2 rings (SSSR count). The Morgan fingerprint density at radius 1 is 1.17 bits per heavy atom. The highest BCUT2D eigenvalue weighted by atomic mass is 16.5. The minimum absolute atomic E-state index is 0.0106. The molecule has 0 bridgehead atoms. The van der Waals surface area contributed by atoms with Crippen molar-refractivity contribution in [3.05, 3.63) is 47.7 Å². The molecular formula is C18H23N3O3. The first-order valence-corrected chi connectivity index (χ1v) is 8.16. The number of rotatable bonds is 8. The van der Waals surface area contributed by atoms with Crippen LogP contribution in [-0.2, 0) is 4.79 Å². The predicted octanol–water partition coefficient (Wildman–Crippen LogP) is 3.25. The van der Waals surface area contributed by atoms with Crippen LogP contribution >= 0.6 is 0 Å². The number of carbonyl (C=O) groups is 2. The lowest BCUT2D eigenvalue weighted by atomic mass is 10.1. The minimum Gasteiger partial charge on any atom is -0.363 e. The third-order valence-corrected chi connectivity index (χ3v) is 3.66. The second kappa shape index (κ2) is 8.86. The molecule has 0 saturated carbocycles. The summed E-state index contributed by atoms with van der Waals surface area (Å²) >= 11 is 0. The first-order valence-electron chi connectivity index (χ1n) is 8.16. The molecule has 1 N–H and O–H groups in total. The summed E-state index contributed by atoms with van der Waals surface area (Å²) in [5.41, 5.74) is 1.68. The van der Waals surface area contributed by atoms with Crippen LogP contribution in [0.3, 0.4) is 0 Å². The van der Waals surface area contributed by atoms with Crippen LogP contribution in [0.15, 0.2) is 41.1 Å². The van der Waals surface area contributed by atoms with Crippen molar-refractivity contribution in [1.29, 1.82) is 0 Å². The molecule has 0 unspecified atom stereocenters. The molecule has 0 radical (unpaired) electrons. The molecule has 0 fully saturated rings. The predicted molar refractivity (Wildman–Crippen MR) is 91.7 cm³/mol. The zero-order valence-electron chi connectivity index (χ0n) is 14.1. The van der Waals surface area contributed by atoms with E-state index in [-0.39, 0.29) is 18.4 Å². The van der Waals surface area contributed by atoms with E-state index >= 15 is 0 Å². The Hall–Kier alpha value is -2.63. The average molecular weight is 329 g/mol. The number of anilines is 1. The highest BCUT2D eigenvalue weighted by molar-refractivity contribution is 5.99. The number of aryl methyl sites for hydroxylation is 1. The quantitative estimate of drug-likeness (QED) is 0.754. The molecule has 128 valence electrons. The Kier molecular flexibility index (Phi) is 6.54. The molecule has 1 aromatic carbocycles. The lowest BCUT2D eigenvalue weighted by Crippen LogP contribution is -2.38. The summed E-state index contributed by atoms with van der Waals surface area (Å²) in [5, 5.41) is 6.26. The molecule has 0 aliphatic carbocycles. The number of nitrogens with one attached hydrogen (secondary N) is 1. The van der Waals surface area contributed by atoms with E-state index in [4.69, 9.17) is 0 Å². The van der Waals surface area contributed by atoms with Gasteiger partial charge in [-0.2, -0.15) is 0 Å². The highest BCUT2D eigenvalue weighted by Crippen LogP contribution is 2.10. The van der Waals surface area contributed by atoms with Crippen molar-refractivity contribution in [3.8, 4) is 0 Å². The standard InChI is InChI=1S/C18H23N3O3/c1-3-4-5-11-21(13-17(22)19-16-10-12-24-20-16)18(23)15-8-6-14(2)7-9-15/h6-10,12H,3-5,11,13H2,1-2H3,(H,19,20,22). The summed E-state index contributed by atoms with van der Waals surface area (Å²) in [6.07, 6.45) is 4.32. The molecule has 0 spiro atoms. The molecule has 6 nitrogen and oxygen atoms in total. The van der Waals surface area contributed by atoms with E-state index in [0.29, 0.717) is 17.9 Å². The minimum atomic E-state index is -0.291. The SMILES string of the molecule is CCCCCN(CC(=O)Nc1ccon1)C(=O)c1ccc(C)cc1. The lowest BCUT2D eigenvalue weighted by Gasteiger charge is -2.22. The maximum absolute atomic E-state index is 12.7. The zero-order valence-corrected chi connectivity index (χ0v) is 14.1. The average Bonchev–Trinajstić information content (AvgIpc) is 3.07. The summed E-state index contributed by atoms with van der Waals surface area (Å²) in [5.74, 6) is -0.0847. The van der Waals surface area contributed by atoms with Gasteiger partial charge in [0.15, 0.2) is 5.82 Å². The Morgan fingerprint density at radius 3 is 2.54 bits per heavy atom. The van der Waals surface area contributed by atoms with Crippen molar-refractivity contribution >= 4 is 17.6 Å². The van der Waals surface area contributed by atoms with Crippen LogP contribution in [0, 0.1) is 6.92 Å². The topological polar surface area (TPSA) is 75.4 Å². The van der Waals surface area contributed by atoms with E-state index in [1.54, 1.807) is 23.1 Å². The monoisotopic (exact) mass is 329 g/mol. The van der Waals surface area contributed by atoms with E-state index in [2.05, 4.69) is 21.9 Å². The smallest absolute Gasteiger partial charge is 0.254 e. The molecule has 1 heterocycles. The van der Waals surface area contributed by atoms with Crippen LogP contribution in [0.1, 0.15) is 42.1 Å². The Balaban J connectivity index is 2.03. The molecule has 0 aliphatic rings. The Bertz CT molecular complexity index is 651. The van der Waals surface area contributed by atoms with Crippen LogP contribution in [0.5, 0.6) is 0 Å². The fourth-order valence-electron chi connectivity index (χ4n) is 2.32. The van der Waals surface area contributed by atoms with Gasteiger partial charge in [-0.3, -0.25) is 9.59 Å². The van der Waals surface area contributed by atoms with Crippen molar-refractivity contribution < 1.29 is 14.1 Å². The number of amides is 2. The first kappa shape index (κ1) is 17.7. The number of carbonyl (C=O) groups excluding carboxylic acids is 2. The van der Waals surface area contributed by atoms with Gasteiger partial charge < -0.3 is 14.7 Å². The van der Waals surface area contributed by atoms with Gasteiger partial charge >= 0.3 is 0 Å². The van der Waals surface area contributed by atoms with Gasteiger partial charge in [0.2, 0.25) is 5.91 Å². The fraction of sp³-hybridized carbons (Fsp3) is 0.389. The van der Waals surface area contributed by atoms with Crippen LogP contribution in [0.4, 0.5) is 5.82 Å². The fourth-order valence-corrected chi connectivity index (χ4v) is 2.32. The first-order chi connectivity index (χ1) is 11.6. The van der Waals surface area contributed by atoms with Crippen molar-refractivity contribution in [3.63, 3.8) is 0 Å². The van der Waals surface area contributed by atoms with E-state index < -0.39 is 0 Å². The van der Waals surface area contributed by atoms with Crippen LogP contribution in [-0.4, -0.2) is 35.0 Å². The van der Waals surface area contributed by atoms with Crippen molar-refractivity contribution in [1.82, 2.24) is 10.1 Å². The zero-order chi connectivity index (χ0) is 17.4. The molecule has 2 amide bonds. The van der Waals surface area contributed by atoms with E-state index in [9.17, 15) is 9.59 Å². The lowest BCUT2D eigenvalue weighted by molar-refractivity contribution is -0.117. The number of aromatic nitrogens is 1. The molecule has 0 saturated heterocycles. The van der Waals surface area contributed by atoms with Gasteiger partial charge in [-0.25, -0.2) is 0 Å². The summed E-state index contributed by atoms with van der Waals surface area (Å²) in [7, 11) is 0. The van der Waals surface area contributed by atoms with Crippen molar-refractivity contribution in [2.75, 3.05) is 18.4 Å². The maximum Gasteiger partial charge on any atom is 0.254 e. The molecular weight excluding hydrogens is 306 g/mol. The van der Waals surface area contributed by atoms with Crippen LogP contribution < -0.4 is 5.32 Å². The molecule has 2 aromatic rings. The van der Waals surface area contributed by atoms with E-state index in [0.717, 1.165) is 24.8 Å². The van der Waals surface area contributed by atoms with E-state index in [1.165, 1.54) is 6.26 Å². The Labute approximate surface area is 141 Å². The van der Waals surface area contributed by atoms with E-state index in [1.807, 2.05) is 19.1 Å². The number of nitrogens with zero attached hydrogens (tertiary/aromatic N) is 2. The molecule has 0 aliphatic heterocycles. The highest BCUT2D eigenvalue weighted by Gasteiger charge is 2.19. The van der Waals surface area contributed by atoms with Gasteiger partial charge in [-0.05, 0) is 25.5 Å². The molecule has 1 aromatic heterocycles.